The van der Waals surface area contributed by atoms with Gasteiger partial charge in [-0.25, -0.2) is 4.68 Å². The van der Waals surface area contributed by atoms with Crippen LogP contribution in [0.1, 0.15) is 40.9 Å². The lowest BCUT2D eigenvalue weighted by Crippen LogP contribution is -2.44. The Hall–Kier alpha value is -2.42. The first-order chi connectivity index (χ1) is 12.8. The first-order valence-corrected chi connectivity index (χ1v) is 8.87. The van der Waals surface area contributed by atoms with Crippen LogP contribution < -0.4 is 5.32 Å². The summed E-state index contributed by atoms with van der Waals surface area (Å²) in [6.07, 6.45) is 0.414. The fourth-order valence-electron chi connectivity index (χ4n) is 3.22. The number of hydrogen-bond acceptors (Lipinski definition) is 4. The Morgan fingerprint density at radius 2 is 2.15 bits per heavy atom. The molecular weight excluding hydrogens is 359 g/mol. The molecular formula is C18H22F3N5O. The van der Waals surface area contributed by atoms with Crippen molar-refractivity contribution in [2.45, 2.75) is 38.0 Å². The van der Waals surface area contributed by atoms with Crippen molar-refractivity contribution in [1.29, 1.82) is 0 Å². The largest absolute Gasteiger partial charge is 0.416 e. The first-order valence-electron chi connectivity index (χ1n) is 8.87. The minimum absolute atomic E-state index is 0.107. The Kier molecular flexibility index (Phi) is 5.79. The van der Waals surface area contributed by atoms with E-state index in [1.165, 1.54) is 23.4 Å². The van der Waals surface area contributed by atoms with Gasteiger partial charge >= 0.3 is 6.18 Å². The van der Waals surface area contributed by atoms with E-state index in [0.29, 0.717) is 18.2 Å². The molecule has 3 rings (SSSR count). The van der Waals surface area contributed by atoms with E-state index in [4.69, 9.17) is 0 Å². The molecule has 1 N–H and O–H groups in total. The summed E-state index contributed by atoms with van der Waals surface area (Å²) in [6.45, 7) is 1.67. The van der Waals surface area contributed by atoms with Gasteiger partial charge < -0.3 is 10.2 Å². The standard InChI is InChI=1S/C18H22F3N5O/c1-25-8-3-2-7-15(25)10-22-17(27)16-12-26(24-23-16)11-13-5-4-6-14(9-13)18(19,20)21/h4-6,9,12,15H,2-3,7-8,10-11H2,1H3,(H,22,27). The average molecular weight is 381 g/mol. The second-order valence-corrected chi connectivity index (χ2v) is 6.84. The molecule has 2 aromatic rings. The SMILES string of the molecule is CN1CCCCC1CNC(=O)c1cn(Cc2cccc(C(F)(F)F)c2)nn1. The monoisotopic (exact) mass is 381 g/mol. The number of aromatic nitrogens is 3. The number of likely N-dealkylation sites (N-methyl/N-ethyl adjacent to an activating group) is 1. The smallest absolute Gasteiger partial charge is 0.349 e. The molecule has 1 fully saturated rings. The molecule has 6 nitrogen and oxygen atoms in total. The Labute approximate surface area is 155 Å². The van der Waals surface area contributed by atoms with Gasteiger partial charge in [0.25, 0.3) is 5.91 Å². The van der Waals surface area contributed by atoms with Gasteiger partial charge in [-0.05, 0) is 44.1 Å². The van der Waals surface area contributed by atoms with Gasteiger partial charge in [-0.3, -0.25) is 4.79 Å². The van der Waals surface area contributed by atoms with Crippen molar-refractivity contribution in [2.75, 3.05) is 20.1 Å². The van der Waals surface area contributed by atoms with Gasteiger partial charge in [-0.1, -0.05) is 23.8 Å². The third kappa shape index (κ3) is 5.06. The van der Waals surface area contributed by atoms with Crippen molar-refractivity contribution in [1.82, 2.24) is 25.2 Å². The molecule has 1 aromatic heterocycles. The quantitative estimate of drug-likeness (QED) is 0.865. The van der Waals surface area contributed by atoms with Crippen LogP contribution in [0, 0.1) is 0 Å². The normalized spacial score (nSPS) is 18.4. The number of alkyl halides is 3. The van der Waals surface area contributed by atoms with Crippen LogP contribution >= 0.6 is 0 Å². The Morgan fingerprint density at radius 3 is 2.89 bits per heavy atom. The summed E-state index contributed by atoms with van der Waals surface area (Å²) in [5.74, 6) is -0.329. The number of halogens is 3. The number of carbonyl (C=O) groups excluding carboxylic acids is 1. The molecule has 1 unspecified atom stereocenters. The third-order valence-electron chi connectivity index (χ3n) is 4.79. The van der Waals surface area contributed by atoms with E-state index in [9.17, 15) is 18.0 Å². The van der Waals surface area contributed by atoms with Gasteiger partial charge in [0, 0.05) is 12.6 Å². The van der Waals surface area contributed by atoms with Crippen LogP contribution in [0.2, 0.25) is 0 Å². The molecule has 1 atom stereocenters. The lowest BCUT2D eigenvalue weighted by Gasteiger charge is -2.32. The predicted octanol–water partition coefficient (Wildman–Crippen LogP) is 2.56. The summed E-state index contributed by atoms with van der Waals surface area (Å²) >= 11 is 0. The highest BCUT2D eigenvalue weighted by Gasteiger charge is 2.30. The summed E-state index contributed by atoms with van der Waals surface area (Å²) in [5, 5.41) is 10.5. The molecule has 2 heterocycles. The summed E-state index contributed by atoms with van der Waals surface area (Å²) in [7, 11) is 2.04. The second kappa shape index (κ2) is 8.08. The van der Waals surface area contributed by atoms with Crippen molar-refractivity contribution < 1.29 is 18.0 Å². The number of likely N-dealkylation sites (tertiary alicyclic amines) is 1. The number of benzene rings is 1. The van der Waals surface area contributed by atoms with E-state index in [-0.39, 0.29) is 18.1 Å². The van der Waals surface area contributed by atoms with Gasteiger partial charge in [0.05, 0.1) is 18.3 Å². The highest BCUT2D eigenvalue weighted by Crippen LogP contribution is 2.29. The van der Waals surface area contributed by atoms with Gasteiger partial charge in [0.2, 0.25) is 0 Å². The third-order valence-corrected chi connectivity index (χ3v) is 4.79. The van der Waals surface area contributed by atoms with Crippen LogP contribution in [-0.2, 0) is 12.7 Å². The van der Waals surface area contributed by atoms with E-state index >= 15 is 0 Å². The van der Waals surface area contributed by atoms with Crippen LogP contribution in [-0.4, -0.2) is 52.0 Å². The van der Waals surface area contributed by atoms with Crippen molar-refractivity contribution in [2.24, 2.45) is 0 Å². The molecule has 0 saturated carbocycles. The molecule has 0 bridgehead atoms. The van der Waals surface area contributed by atoms with Gasteiger partial charge in [0.1, 0.15) is 0 Å². The zero-order valence-corrected chi connectivity index (χ0v) is 15.0. The minimum atomic E-state index is -4.39. The van der Waals surface area contributed by atoms with E-state index in [2.05, 4.69) is 20.5 Å². The highest BCUT2D eigenvalue weighted by atomic mass is 19.4. The number of rotatable bonds is 5. The van der Waals surface area contributed by atoms with Crippen LogP contribution in [0.5, 0.6) is 0 Å². The molecule has 1 aliphatic heterocycles. The zero-order chi connectivity index (χ0) is 19.4. The van der Waals surface area contributed by atoms with E-state index in [1.54, 1.807) is 6.07 Å². The fourth-order valence-corrected chi connectivity index (χ4v) is 3.22. The average Bonchev–Trinajstić information content (AvgIpc) is 3.09. The van der Waals surface area contributed by atoms with E-state index < -0.39 is 11.7 Å². The number of nitrogens with one attached hydrogen (secondary N) is 1. The van der Waals surface area contributed by atoms with Crippen LogP contribution in [0.3, 0.4) is 0 Å². The molecule has 27 heavy (non-hydrogen) atoms. The van der Waals surface area contributed by atoms with Crippen LogP contribution in [0.25, 0.3) is 0 Å². The van der Waals surface area contributed by atoms with E-state index in [0.717, 1.165) is 31.5 Å². The van der Waals surface area contributed by atoms with Crippen molar-refractivity contribution in [3.8, 4) is 0 Å². The molecule has 1 amide bonds. The Bertz CT molecular complexity index is 789. The molecule has 146 valence electrons. The molecule has 0 radical (unpaired) electrons. The number of nitrogens with zero attached hydrogens (tertiary/aromatic N) is 4. The molecule has 1 aliphatic rings. The minimum Gasteiger partial charge on any atom is -0.349 e. The lowest BCUT2D eigenvalue weighted by molar-refractivity contribution is -0.137. The zero-order valence-electron chi connectivity index (χ0n) is 15.0. The topological polar surface area (TPSA) is 63.1 Å². The number of carbonyl (C=O) groups is 1. The van der Waals surface area contributed by atoms with E-state index in [1.807, 2.05) is 7.05 Å². The van der Waals surface area contributed by atoms with Crippen molar-refractivity contribution in [3.63, 3.8) is 0 Å². The van der Waals surface area contributed by atoms with Crippen LogP contribution in [0.4, 0.5) is 13.2 Å². The van der Waals surface area contributed by atoms with Gasteiger partial charge in [-0.15, -0.1) is 5.10 Å². The summed E-state index contributed by atoms with van der Waals surface area (Å²) in [4.78, 5) is 14.5. The maximum Gasteiger partial charge on any atom is 0.416 e. The fraction of sp³-hybridized carbons (Fsp3) is 0.500. The number of hydrogen-bond donors (Lipinski definition) is 1. The predicted molar refractivity (Wildman–Crippen MR) is 93.2 cm³/mol. The lowest BCUT2D eigenvalue weighted by atomic mass is 10.0. The second-order valence-electron chi connectivity index (χ2n) is 6.84. The summed E-state index contributed by atoms with van der Waals surface area (Å²) < 4.78 is 39.7. The Balaban J connectivity index is 1.59. The summed E-state index contributed by atoms with van der Waals surface area (Å²) in [6, 6.07) is 5.33. The summed E-state index contributed by atoms with van der Waals surface area (Å²) in [5.41, 5.74) is -0.124. The molecule has 0 spiro atoms. The van der Waals surface area contributed by atoms with Gasteiger partial charge in [-0.2, -0.15) is 13.2 Å². The molecule has 9 heteroatoms. The number of amides is 1. The van der Waals surface area contributed by atoms with Crippen LogP contribution in [0.15, 0.2) is 30.5 Å². The number of piperidine rings is 1. The van der Waals surface area contributed by atoms with Crippen molar-refractivity contribution in [3.05, 3.63) is 47.3 Å². The van der Waals surface area contributed by atoms with Gasteiger partial charge in [0.15, 0.2) is 5.69 Å². The maximum absolute atomic E-state index is 12.8. The molecule has 1 saturated heterocycles. The van der Waals surface area contributed by atoms with Crippen molar-refractivity contribution >= 4 is 5.91 Å². The maximum atomic E-state index is 12.8. The first kappa shape index (κ1) is 19.3. The Morgan fingerprint density at radius 1 is 1.33 bits per heavy atom. The molecule has 0 aliphatic carbocycles. The molecule has 1 aromatic carbocycles. The highest BCUT2D eigenvalue weighted by molar-refractivity contribution is 5.91.